The van der Waals surface area contributed by atoms with Crippen molar-refractivity contribution < 1.29 is 9.84 Å². The van der Waals surface area contributed by atoms with Crippen molar-refractivity contribution in [2.24, 2.45) is 7.05 Å². The average Bonchev–Trinajstić information content (AvgIpc) is 2.70. The summed E-state index contributed by atoms with van der Waals surface area (Å²) in [6.07, 6.45) is 2.93. The number of rotatable bonds is 8. The molecule has 0 amide bonds. The lowest BCUT2D eigenvalue weighted by molar-refractivity contribution is 0.158. The molecule has 0 aliphatic carbocycles. The predicted octanol–water partition coefficient (Wildman–Crippen LogP) is 3.42. The number of pyridine rings is 2. The molecule has 0 radical (unpaired) electrons. The second-order valence-corrected chi connectivity index (χ2v) is 6.53. The molecule has 0 saturated carbocycles. The predicted molar refractivity (Wildman–Crippen MR) is 105 cm³/mol. The SMILES string of the molecule is Cn1cccc(CCCC(O)c2cccc(OCc3ccccc3)n2)c1=O. The molecule has 2 heterocycles. The summed E-state index contributed by atoms with van der Waals surface area (Å²) in [6, 6.07) is 19.0. The zero-order chi connectivity index (χ0) is 19.1. The minimum atomic E-state index is -0.683. The van der Waals surface area contributed by atoms with Crippen molar-refractivity contribution in [2.45, 2.75) is 32.0 Å². The molecular formula is C22H24N2O3. The smallest absolute Gasteiger partial charge is 0.253 e. The molecule has 0 saturated heterocycles. The van der Waals surface area contributed by atoms with E-state index in [0.717, 1.165) is 11.1 Å². The van der Waals surface area contributed by atoms with Gasteiger partial charge < -0.3 is 14.4 Å². The van der Waals surface area contributed by atoms with Gasteiger partial charge in [-0.3, -0.25) is 4.79 Å². The third-order valence-corrected chi connectivity index (χ3v) is 4.44. The van der Waals surface area contributed by atoms with Gasteiger partial charge in [-0.1, -0.05) is 42.5 Å². The monoisotopic (exact) mass is 364 g/mol. The Balaban J connectivity index is 1.54. The van der Waals surface area contributed by atoms with Gasteiger partial charge >= 0.3 is 0 Å². The van der Waals surface area contributed by atoms with Crippen LogP contribution in [-0.2, 0) is 20.1 Å². The number of nitrogens with zero attached hydrogens (tertiary/aromatic N) is 2. The van der Waals surface area contributed by atoms with Crippen LogP contribution in [0, 0.1) is 0 Å². The maximum absolute atomic E-state index is 12.0. The van der Waals surface area contributed by atoms with Crippen LogP contribution in [0.2, 0.25) is 0 Å². The molecule has 0 aliphatic heterocycles. The van der Waals surface area contributed by atoms with Crippen LogP contribution in [0.4, 0.5) is 0 Å². The van der Waals surface area contributed by atoms with E-state index in [9.17, 15) is 9.90 Å². The first-order chi connectivity index (χ1) is 13.1. The lowest BCUT2D eigenvalue weighted by Gasteiger charge is -2.12. The van der Waals surface area contributed by atoms with Crippen LogP contribution in [0.15, 0.2) is 71.7 Å². The lowest BCUT2D eigenvalue weighted by atomic mass is 10.1. The first-order valence-electron chi connectivity index (χ1n) is 9.10. The van der Waals surface area contributed by atoms with Crippen LogP contribution in [0.25, 0.3) is 0 Å². The summed E-state index contributed by atoms with van der Waals surface area (Å²) in [5.41, 5.74) is 2.43. The van der Waals surface area contributed by atoms with Crippen molar-refractivity contribution in [2.75, 3.05) is 0 Å². The number of aliphatic hydroxyl groups excluding tert-OH is 1. The Hall–Kier alpha value is -2.92. The van der Waals surface area contributed by atoms with Gasteiger partial charge in [-0.2, -0.15) is 0 Å². The minimum absolute atomic E-state index is 0.0152. The van der Waals surface area contributed by atoms with Gasteiger partial charge in [0.05, 0.1) is 11.8 Å². The van der Waals surface area contributed by atoms with E-state index < -0.39 is 6.10 Å². The number of aromatic nitrogens is 2. The number of benzene rings is 1. The Morgan fingerprint density at radius 1 is 1.07 bits per heavy atom. The van der Waals surface area contributed by atoms with E-state index in [4.69, 9.17) is 4.74 Å². The molecule has 0 spiro atoms. The fourth-order valence-electron chi connectivity index (χ4n) is 2.91. The summed E-state index contributed by atoms with van der Waals surface area (Å²) >= 11 is 0. The van der Waals surface area contributed by atoms with Gasteiger partial charge in [0.1, 0.15) is 6.61 Å². The molecule has 0 aliphatic rings. The molecule has 1 aromatic carbocycles. The van der Waals surface area contributed by atoms with Crippen LogP contribution in [0.1, 0.15) is 35.8 Å². The van der Waals surface area contributed by atoms with Gasteiger partial charge in [-0.05, 0) is 37.0 Å². The van der Waals surface area contributed by atoms with Crippen molar-refractivity contribution in [1.82, 2.24) is 9.55 Å². The van der Waals surface area contributed by atoms with Gasteiger partial charge in [0.15, 0.2) is 0 Å². The van der Waals surface area contributed by atoms with Crippen molar-refractivity contribution >= 4 is 0 Å². The quantitative estimate of drug-likeness (QED) is 0.665. The van der Waals surface area contributed by atoms with Crippen molar-refractivity contribution in [3.05, 3.63) is 94.0 Å². The molecule has 5 nitrogen and oxygen atoms in total. The average molecular weight is 364 g/mol. The van der Waals surface area contributed by atoms with E-state index in [1.165, 1.54) is 0 Å². The van der Waals surface area contributed by atoms with Crippen LogP contribution in [0.3, 0.4) is 0 Å². The Morgan fingerprint density at radius 3 is 2.70 bits per heavy atom. The second kappa shape index (κ2) is 9.14. The number of hydrogen-bond donors (Lipinski definition) is 1. The van der Waals surface area contributed by atoms with E-state index in [2.05, 4.69) is 4.98 Å². The van der Waals surface area contributed by atoms with E-state index in [1.807, 2.05) is 48.5 Å². The Bertz CT molecular complexity index is 922. The normalized spacial score (nSPS) is 11.9. The number of ether oxygens (including phenoxy) is 1. The molecule has 2 aromatic heterocycles. The summed E-state index contributed by atoms with van der Waals surface area (Å²) in [6.45, 7) is 0.435. The van der Waals surface area contributed by atoms with Crippen LogP contribution >= 0.6 is 0 Å². The largest absolute Gasteiger partial charge is 0.473 e. The fraction of sp³-hybridized carbons (Fsp3) is 0.273. The molecule has 5 heteroatoms. The third kappa shape index (κ3) is 5.28. The number of aryl methyl sites for hydroxylation is 2. The molecule has 27 heavy (non-hydrogen) atoms. The molecule has 0 bridgehead atoms. The highest BCUT2D eigenvalue weighted by atomic mass is 16.5. The van der Waals surface area contributed by atoms with Gasteiger partial charge in [0, 0.05) is 24.9 Å². The summed E-state index contributed by atoms with van der Waals surface area (Å²) < 4.78 is 7.29. The van der Waals surface area contributed by atoms with E-state index in [1.54, 1.807) is 29.9 Å². The summed E-state index contributed by atoms with van der Waals surface area (Å²) in [5, 5.41) is 10.4. The molecule has 140 valence electrons. The summed E-state index contributed by atoms with van der Waals surface area (Å²) in [5.74, 6) is 0.493. The summed E-state index contributed by atoms with van der Waals surface area (Å²) in [4.78, 5) is 16.4. The minimum Gasteiger partial charge on any atom is -0.473 e. The molecule has 1 atom stereocenters. The number of hydrogen-bond acceptors (Lipinski definition) is 4. The molecule has 1 N–H and O–H groups in total. The molecule has 0 fully saturated rings. The van der Waals surface area contributed by atoms with Crippen LogP contribution in [-0.4, -0.2) is 14.7 Å². The van der Waals surface area contributed by atoms with Crippen molar-refractivity contribution in [3.8, 4) is 5.88 Å². The first kappa shape index (κ1) is 18.9. The standard InChI is InChI=1S/C22H24N2O3/c1-24-15-7-11-18(22(24)26)10-5-13-20(25)19-12-6-14-21(23-19)27-16-17-8-3-2-4-9-17/h2-4,6-9,11-12,14-15,20,25H,5,10,13,16H2,1H3. The Kier molecular flexibility index (Phi) is 6.39. The molecule has 3 aromatic rings. The molecule has 3 rings (SSSR count). The highest BCUT2D eigenvalue weighted by molar-refractivity contribution is 5.19. The highest BCUT2D eigenvalue weighted by Gasteiger charge is 2.11. The first-order valence-corrected chi connectivity index (χ1v) is 9.10. The molecular weight excluding hydrogens is 340 g/mol. The van der Waals surface area contributed by atoms with Gasteiger partial charge in [-0.15, -0.1) is 0 Å². The van der Waals surface area contributed by atoms with Gasteiger partial charge in [-0.25, -0.2) is 4.98 Å². The van der Waals surface area contributed by atoms with E-state index >= 15 is 0 Å². The Labute approximate surface area is 158 Å². The molecule has 1 unspecified atom stereocenters. The third-order valence-electron chi connectivity index (χ3n) is 4.44. The topological polar surface area (TPSA) is 64.3 Å². The van der Waals surface area contributed by atoms with Gasteiger partial charge in [0.2, 0.25) is 5.88 Å². The highest BCUT2D eigenvalue weighted by Crippen LogP contribution is 2.20. The fourth-order valence-corrected chi connectivity index (χ4v) is 2.91. The zero-order valence-electron chi connectivity index (χ0n) is 15.4. The maximum Gasteiger partial charge on any atom is 0.253 e. The second-order valence-electron chi connectivity index (χ2n) is 6.53. The van der Waals surface area contributed by atoms with Gasteiger partial charge in [0.25, 0.3) is 5.56 Å². The Morgan fingerprint density at radius 2 is 1.89 bits per heavy atom. The number of aliphatic hydroxyl groups is 1. The maximum atomic E-state index is 12.0. The van der Waals surface area contributed by atoms with Crippen molar-refractivity contribution in [1.29, 1.82) is 0 Å². The van der Waals surface area contributed by atoms with Crippen LogP contribution < -0.4 is 10.3 Å². The van der Waals surface area contributed by atoms with E-state index in [-0.39, 0.29) is 5.56 Å². The van der Waals surface area contributed by atoms with Crippen LogP contribution in [0.5, 0.6) is 5.88 Å². The zero-order valence-corrected chi connectivity index (χ0v) is 15.4. The summed E-state index contributed by atoms with van der Waals surface area (Å²) in [7, 11) is 1.74. The van der Waals surface area contributed by atoms with E-state index in [0.29, 0.717) is 37.4 Å². The lowest BCUT2D eigenvalue weighted by Crippen LogP contribution is -2.19. The van der Waals surface area contributed by atoms with Crippen molar-refractivity contribution in [3.63, 3.8) is 0 Å².